The monoisotopic (exact) mass is 217 g/mol. The first kappa shape index (κ1) is 14.2. The fourth-order valence-electron chi connectivity index (χ4n) is 1.80. The molecule has 0 rings (SSSR count). The lowest BCUT2D eigenvalue weighted by Crippen LogP contribution is -2.52. The molecule has 0 aromatic rings. The number of nitrogens with zero attached hydrogens (tertiary/aromatic N) is 1. The smallest absolute Gasteiger partial charge is 0.408 e. The number of aliphatic hydroxyl groups excluding tert-OH is 1. The molecular weight excluding hydrogens is 194 g/mol. The van der Waals surface area contributed by atoms with E-state index in [9.17, 15) is 9.90 Å². The van der Waals surface area contributed by atoms with Crippen LogP contribution in [0.2, 0.25) is 0 Å². The lowest BCUT2D eigenvalue weighted by atomic mass is 9.97. The largest absolute Gasteiger partial charge is 0.465 e. The molecule has 0 radical (unpaired) electrons. The third-order valence-corrected chi connectivity index (χ3v) is 2.25. The molecule has 1 atom stereocenters. The predicted molar refractivity (Wildman–Crippen MR) is 59.9 cm³/mol. The van der Waals surface area contributed by atoms with Crippen molar-refractivity contribution < 1.29 is 15.0 Å². The third kappa shape index (κ3) is 4.51. The van der Waals surface area contributed by atoms with E-state index in [1.54, 1.807) is 0 Å². The topological polar surface area (TPSA) is 60.8 Å². The van der Waals surface area contributed by atoms with E-state index in [-0.39, 0.29) is 12.6 Å². The summed E-state index contributed by atoms with van der Waals surface area (Å²) in [6.45, 7) is 9.43. The lowest BCUT2D eigenvalue weighted by molar-refractivity contribution is 0.0385. The van der Waals surface area contributed by atoms with Gasteiger partial charge in [-0.3, -0.25) is 4.90 Å². The molecule has 4 nitrogen and oxygen atoms in total. The van der Waals surface area contributed by atoms with E-state index in [1.165, 1.54) is 4.90 Å². The van der Waals surface area contributed by atoms with Gasteiger partial charge < -0.3 is 10.2 Å². The first-order valence-corrected chi connectivity index (χ1v) is 5.33. The summed E-state index contributed by atoms with van der Waals surface area (Å²) < 4.78 is 0. The van der Waals surface area contributed by atoms with Crippen molar-refractivity contribution in [1.82, 2.24) is 4.90 Å². The zero-order valence-electron chi connectivity index (χ0n) is 10.3. The molecule has 15 heavy (non-hydrogen) atoms. The quantitative estimate of drug-likeness (QED) is 0.758. The summed E-state index contributed by atoms with van der Waals surface area (Å²) in [4.78, 5) is 12.5. The van der Waals surface area contributed by atoms with Crippen LogP contribution in [0.5, 0.6) is 0 Å². The molecule has 0 fully saturated rings. The minimum atomic E-state index is -0.970. The van der Waals surface area contributed by atoms with Crippen LogP contribution in [0, 0.1) is 5.92 Å². The van der Waals surface area contributed by atoms with Gasteiger partial charge in [0.15, 0.2) is 0 Å². The van der Waals surface area contributed by atoms with Crippen molar-refractivity contribution in [2.45, 2.75) is 52.6 Å². The second-order valence-corrected chi connectivity index (χ2v) is 5.29. The van der Waals surface area contributed by atoms with Gasteiger partial charge in [-0.25, -0.2) is 4.79 Å². The van der Waals surface area contributed by atoms with Crippen LogP contribution in [0.25, 0.3) is 0 Å². The van der Waals surface area contributed by atoms with Gasteiger partial charge in [0.05, 0.1) is 12.6 Å². The summed E-state index contributed by atoms with van der Waals surface area (Å²) in [5, 5.41) is 18.4. The highest BCUT2D eigenvalue weighted by Crippen LogP contribution is 2.21. The van der Waals surface area contributed by atoms with Gasteiger partial charge in [0.25, 0.3) is 0 Å². The van der Waals surface area contributed by atoms with Crippen molar-refractivity contribution in [2.24, 2.45) is 5.92 Å². The number of carbonyl (C=O) groups is 1. The van der Waals surface area contributed by atoms with E-state index in [2.05, 4.69) is 0 Å². The van der Waals surface area contributed by atoms with Crippen LogP contribution >= 0.6 is 0 Å². The number of carboxylic acid groups (broad SMARTS) is 1. The molecule has 1 amide bonds. The van der Waals surface area contributed by atoms with Crippen molar-refractivity contribution in [2.75, 3.05) is 6.61 Å². The molecule has 90 valence electrons. The Morgan fingerprint density at radius 1 is 1.33 bits per heavy atom. The zero-order chi connectivity index (χ0) is 12.2. The van der Waals surface area contributed by atoms with Gasteiger partial charge in [0.1, 0.15) is 0 Å². The van der Waals surface area contributed by atoms with Gasteiger partial charge in [-0.15, -0.1) is 0 Å². The lowest BCUT2D eigenvalue weighted by Gasteiger charge is -2.39. The van der Waals surface area contributed by atoms with Gasteiger partial charge >= 0.3 is 6.09 Å². The minimum Gasteiger partial charge on any atom is -0.465 e. The number of hydrogen-bond acceptors (Lipinski definition) is 2. The van der Waals surface area contributed by atoms with Crippen LogP contribution in [-0.2, 0) is 0 Å². The first-order chi connectivity index (χ1) is 6.70. The molecule has 1 unspecified atom stereocenters. The second-order valence-electron chi connectivity index (χ2n) is 5.29. The number of rotatable bonds is 4. The van der Waals surface area contributed by atoms with Crippen LogP contribution in [0.3, 0.4) is 0 Å². The molecule has 4 heteroatoms. The highest BCUT2D eigenvalue weighted by Gasteiger charge is 2.32. The molecule has 0 bridgehead atoms. The summed E-state index contributed by atoms with van der Waals surface area (Å²) >= 11 is 0. The molecule has 0 aromatic carbocycles. The van der Waals surface area contributed by atoms with E-state index in [4.69, 9.17) is 5.11 Å². The highest BCUT2D eigenvalue weighted by molar-refractivity contribution is 5.66. The van der Waals surface area contributed by atoms with Crippen LogP contribution < -0.4 is 0 Å². The molecule has 0 aliphatic heterocycles. The van der Waals surface area contributed by atoms with Gasteiger partial charge in [-0.05, 0) is 33.1 Å². The molecule has 0 saturated carbocycles. The number of aliphatic hydroxyl groups is 1. The van der Waals surface area contributed by atoms with E-state index < -0.39 is 11.6 Å². The molecule has 0 spiro atoms. The van der Waals surface area contributed by atoms with Gasteiger partial charge in [-0.1, -0.05) is 13.8 Å². The molecule has 0 heterocycles. The van der Waals surface area contributed by atoms with E-state index >= 15 is 0 Å². The molecular formula is C11H23NO3. The average Bonchev–Trinajstić information content (AvgIpc) is 1.98. The SMILES string of the molecule is CC(C)CC(CO)N(C(=O)O)C(C)(C)C. The van der Waals surface area contributed by atoms with Gasteiger partial charge in [-0.2, -0.15) is 0 Å². The second kappa shape index (κ2) is 5.35. The van der Waals surface area contributed by atoms with Crippen molar-refractivity contribution in [1.29, 1.82) is 0 Å². The maximum absolute atomic E-state index is 11.1. The normalized spacial score (nSPS) is 14.1. The first-order valence-electron chi connectivity index (χ1n) is 5.33. The molecule has 0 saturated heterocycles. The fraction of sp³-hybridized carbons (Fsp3) is 0.909. The van der Waals surface area contributed by atoms with E-state index in [1.807, 2.05) is 34.6 Å². The summed E-state index contributed by atoms with van der Waals surface area (Å²) in [5.74, 6) is 0.367. The Hall–Kier alpha value is -0.770. The number of amides is 1. The maximum Gasteiger partial charge on any atom is 0.408 e. The van der Waals surface area contributed by atoms with Crippen LogP contribution in [0.15, 0.2) is 0 Å². The molecule has 2 N–H and O–H groups in total. The third-order valence-electron chi connectivity index (χ3n) is 2.25. The Kier molecular flexibility index (Phi) is 5.08. The zero-order valence-corrected chi connectivity index (χ0v) is 10.3. The van der Waals surface area contributed by atoms with Crippen LogP contribution in [0.4, 0.5) is 4.79 Å². The van der Waals surface area contributed by atoms with Gasteiger partial charge in [0, 0.05) is 5.54 Å². The molecule has 0 aliphatic rings. The summed E-state index contributed by atoms with van der Waals surface area (Å²) in [5.41, 5.74) is -0.478. The minimum absolute atomic E-state index is 0.123. The van der Waals surface area contributed by atoms with Crippen molar-refractivity contribution in [3.05, 3.63) is 0 Å². The summed E-state index contributed by atoms with van der Waals surface area (Å²) in [6.07, 6.45) is -0.290. The van der Waals surface area contributed by atoms with Crippen LogP contribution in [-0.4, -0.2) is 39.4 Å². The Morgan fingerprint density at radius 3 is 2.00 bits per heavy atom. The van der Waals surface area contributed by atoms with Crippen molar-refractivity contribution >= 4 is 6.09 Å². The Labute approximate surface area is 91.9 Å². The van der Waals surface area contributed by atoms with Gasteiger partial charge in [0.2, 0.25) is 0 Å². The molecule has 0 aliphatic carbocycles. The number of hydrogen-bond donors (Lipinski definition) is 2. The highest BCUT2D eigenvalue weighted by atomic mass is 16.4. The van der Waals surface area contributed by atoms with Crippen molar-refractivity contribution in [3.8, 4) is 0 Å². The average molecular weight is 217 g/mol. The van der Waals surface area contributed by atoms with E-state index in [0.717, 1.165) is 0 Å². The Balaban J connectivity index is 4.79. The van der Waals surface area contributed by atoms with Crippen molar-refractivity contribution in [3.63, 3.8) is 0 Å². The molecule has 0 aromatic heterocycles. The predicted octanol–water partition coefficient (Wildman–Crippen LogP) is 2.17. The standard InChI is InChI=1S/C11H23NO3/c1-8(2)6-9(7-13)12(10(14)15)11(3,4)5/h8-9,13H,6-7H2,1-5H3,(H,14,15). The Bertz CT molecular complexity index is 208. The summed E-state index contributed by atoms with van der Waals surface area (Å²) in [6, 6.07) is -0.317. The summed E-state index contributed by atoms with van der Waals surface area (Å²) in [7, 11) is 0. The maximum atomic E-state index is 11.1. The fourth-order valence-corrected chi connectivity index (χ4v) is 1.80. The van der Waals surface area contributed by atoms with E-state index in [0.29, 0.717) is 12.3 Å². The Morgan fingerprint density at radius 2 is 1.80 bits per heavy atom. The van der Waals surface area contributed by atoms with Crippen LogP contribution in [0.1, 0.15) is 41.0 Å².